The Balaban J connectivity index is 2.41. The quantitative estimate of drug-likeness (QED) is 0.506. The Bertz CT molecular complexity index is 280. The van der Waals surface area contributed by atoms with Crippen LogP contribution in [0.25, 0.3) is 0 Å². The van der Waals surface area contributed by atoms with Crippen molar-refractivity contribution in [2.75, 3.05) is 18.8 Å². The van der Waals surface area contributed by atoms with Crippen LogP contribution in [0.15, 0.2) is 0 Å². The lowest BCUT2D eigenvalue weighted by molar-refractivity contribution is -0.138. The van der Waals surface area contributed by atoms with Crippen molar-refractivity contribution in [3.63, 3.8) is 0 Å². The van der Waals surface area contributed by atoms with Gasteiger partial charge < -0.3 is 10.0 Å². The van der Waals surface area contributed by atoms with Gasteiger partial charge in [0.2, 0.25) is 15.9 Å². The van der Waals surface area contributed by atoms with Gasteiger partial charge in [-0.3, -0.25) is 4.79 Å². The first-order valence-corrected chi connectivity index (χ1v) is 5.06. The third-order valence-corrected chi connectivity index (χ3v) is 2.19. The van der Waals surface area contributed by atoms with Gasteiger partial charge in [0.15, 0.2) is 0 Å². The molecule has 1 aliphatic rings. The van der Waals surface area contributed by atoms with Crippen LogP contribution in [0.3, 0.4) is 0 Å². The summed E-state index contributed by atoms with van der Waals surface area (Å²) in [5.74, 6) is -1.23. The molecule has 7 heteroatoms. The molecule has 1 heterocycles. The first kappa shape index (κ1) is 9.43. The van der Waals surface area contributed by atoms with E-state index in [2.05, 4.69) is 5.14 Å². The minimum Gasteiger partial charge on any atom is -0.389 e. The van der Waals surface area contributed by atoms with E-state index in [0.717, 1.165) is 0 Å². The molecule has 0 spiro atoms. The molecule has 0 atom stereocenters. The number of hydrogen-bond donors (Lipinski definition) is 2. The Hall–Kier alpha value is -0.660. The molecule has 1 aliphatic heterocycles. The number of carbonyl (C=O) groups is 1. The van der Waals surface area contributed by atoms with Crippen LogP contribution in [-0.2, 0) is 14.8 Å². The molecule has 0 aliphatic carbocycles. The second kappa shape index (κ2) is 3.00. The van der Waals surface area contributed by atoms with E-state index in [0.29, 0.717) is 0 Å². The van der Waals surface area contributed by atoms with Crippen molar-refractivity contribution in [2.24, 2.45) is 5.14 Å². The third-order valence-electron chi connectivity index (χ3n) is 1.54. The summed E-state index contributed by atoms with van der Waals surface area (Å²) in [5.41, 5.74) is 0. The number of aliphatic hydroxyl groups is 1. The number of rotatable bonds is 2. The van der Waals surface area contributed by atoms with Crippen molar-refractivity contribution in [1.82, 2.24) is 4.90 Å². The van der Waals surface area contributed by atoms with E-state index in [1.165, 1.54) is 4.90 Å². The van der Waals surface area contributed by atoms with Gasteiger partial charge in [-0.15, -0.1) is 0 Å². The van der Waals surface area contributed by atoms with Crippen molar-refractivity contribution in [1.29, 1.82) is 0 Å². The fraction of sp³-hybridized carbons (Fsp3) is 0.800. The molecule has 70 valence electrons. The van der Waals surface area contributed by atoms with E-state index in [4.69, 9.17) is 5.11 Å². The SMILES string of the molecule is NS(=O)(=O)CC(=O)N1CC(O)C1. The molecule has 6 nitrogen and oxygen atoms in total. The highest BCUT2D eigenvalue weighted by molar-refractivity contribution is 7.89. The van der Waals surface area contributed by atoms with E-state index in [1.54, 1.807) is 0 Å². The minimum absolute atomic E-state index is 0.203. The number of amides is 1. The molecular formula is C5H10N2O4S. The highest BCUT2D eigenvalue weighted by atomic mass is 32.2. The van der Waals surface area contributed by atoms with Crippen molar-refractivity contribution < 1.29 is 18.3 Å². The number of sulfonamides is 1. The number of hydrogen-bond acceptors (Lipinski definition) is 4. The second-order valence-corrected chi connectivity index (χ2v) is 4.37. The van der Waals surface area contributed by atoms with E-state index in [-0.39, 0.29) is 13.1 Å². The molecule has 1 amide bonds. The van der Waals surface area contributed by atoms with Crippen LogP contribution < -0.4 is 5.14 Å². The van der Waals surface area contributed by atoms with Crippen LogP contribution in [0.1, 0.15) is 0 Å². The van der Waals surface area contributed by atoms with Crippen LogP contribution in [0, 0.1) is 0 Å². The molecule has 0 aromatic heterocycles. The van der Waals surface area contributed by atoms with Crippen LogP contribution in [0.5, 0.6) is 0 Å². The largest absolute Gasteiger partial charge is 0.389 e. The zero-order valence-electron chi connectivity index (χ0n) is 6.30. The number of nitrogens with zero attached hydrogens (tertiary/aromatic N) is 1. The lowest BCUT2D eigenvalue weighted by Gasteiger charge is -2.35. The molecule has 3 N–H and O–H groups in total. The maximum atomic E-state index is 10.9. The predicted octanol–water partition coefficient (Wildman–Crippen LogP) is -2.52. The maximum Gasteiger partial charge on any atom is 0.239 e. The number of aliphatic hydroxyl groups excluding tert-OH is 1. The van der Waals surface area contributed by atoms with Crippen LogP contribution in [-0.4, -0.2) is 49.3 Å². The van der Waals surface area contributed by atoms with Gasteiger partial charge in [0, 0.05) is 13.1 Å². The standard InChI is InChI=1S/C5H10N2O4S/c6-12(10,11)3-5(9)7-1-4(8)2-7/h4,8H,1-3H2,(H2,6,10,11). The normalized spacial score (nSPS) is 19.0. The van der Waals surface area contributed by atoms with Gasteiger partial charge in [0.05, 0.1) is 6.10 Å². The number of primary sulfonamides is 1. The molecule has 0 bridgehead atoms. The number of carbonyl (C=O) groups excluding carboxylic acids is 1. The van der Waals surface area contributed by atoms with Gasteiger partial charge in [-0.25, -0.2) is 13.6 Å². The zero-order valence-corrected chi connectivity index (χ0v) is 7.12. The van der Waals surface area contributed by atoms with E-state index < -0.39 is 27.8 Å². The van der Waals surface area contributed by atoms with Crippen molar-refractivity contribution in [2.45, 2.75) is 6.10 Å². The summed E-state index contributed by atoms with van der Waals surface area (Å²) < 4.78 is 20.9. The molecule has 12 heavy (non-hydrogen) atoms. The molecule has 0 aromatic rings. The van der Waals surface area contributed by atoms with Gasteiger partial charge in [-0.2, -0.15) is 0 Å². The maximum absolute atomic E-state index is 10.9. The highest BCUT2D eigenvalue weighted by Crippen LogP contribution is 2.07. The van der Waals surface area contributed by atoms with Crippen molar-refractivity contribution in [3.05, 3.63) is 0 Å². The first-order chi connectivity index (χ1) is 5.38. The van der Waals surface area contributed by atoms with E-state index in [1.807, 2.05) is 0 Å². The minimum atomic E-state index is -3.73. The topological polar surface area (TPSA) is 101 Å². The summed E-state index contributed by atoms with van der Waals surface area (Å²) in [6.07, 6.45) is -0.519. The average Bonchev–Trinajstić information content (AvgIpc) is 1.76. The summed E-state index contributed by atoms with van der Waals surface area (Å²) >= 11 is 0. The molecule has 0 saturated carbocycles. The fourth-order valence-corrected chi connectivity index (χ4v) is 1.45. The van der Waals surface area contributed by atoms with E-state index in [9.17, 15) is 13.2 Å². The Morgan fingerprint density at radius 3 is 2.42 bits per heavy atom. The van der Waals surface area contributed by atoms with Crippen LogP contribution in [0.4, 0.5) is 0 Å². The summed E-state index contributed by atoms with van der Waals surface area (Å²) in [6.45, 7) is 0.405. The lowest BCUT2D eigenvalue weighted by atomic mass is 10.2. The lowest BCUT2D eigenvalue weighted by Crippen LogP contribution is -2.55. The second-order valence-electron chi connectivity index (χ2n) is 2.76. The first-order valence-electron chi connectivity index (χ1n) is 3.35. The summed E-state index contributed by atoms with van der Waals surface area (Å²) in [7, 11) is -3.73. The van der Waals surface area contributed by atoms with Gasteiger partial charge in [-0.1, -0.05) is 0 Å². The number of likely N-dealkylation sites (tertiary alicyclic amines) is 1. The fourth-order valence-electron chi connectivity index (χ4n) is 0.922. The Labute approximate surface area is 70.0 Å². The molecule has 0 unspecified atom stereocenters. The monoisotopic (exact) mass is 194 g/mol. The van der Waals surface area contributed by atoms with Gasteiger partial charge in [0.25, 0.3) is 0 Å². The predicted molar refractivity (Wildman–Crippen MR) is 40.6 cm³/mol. The van der Waals surface area contributed by atoms with Crippen LogP contribution in [0.2, 0.25) is 0 Å². The van der Waals surface area contributed by atoms with Crippen molar-refractivity contribution >= 4 is 15.9 Å². The van der Waals surface area contributed by atoms with Gasteiger partial charge >= 0.3 is 0 Å². The molecule has 1 rings (SSSR count). The number of β-amino-alcohol motifs (C(OH)–C–C–N with tert-alkyl or cyclic N) is 1. The number of nitrogens with two attached hydrogens (primary N) is 1. The highest BCUT2D eigenvalue weighted by Gasteiger charge is 2.30. The molecule has 1 saturated heterocycles. The molecule has 0 radical (unpaired) electrons. The van der Waals surface area contributed by atoms with Gasteiger partial charge in [0.1, 0.15) is 5.75 Å². The summed E-state index contributed by atoms with van der Waals surface area (Å²) in [6, 6.07) is 0. The van der Waals surface area contributed by atoms with Crippen LogP contribution >= 0.6 is 0 Å². The Morgan fingerprint density at radius 1 is 1.58 bits per heavy atom. The molecule has 0 aromatic carbocycles. The smallest absolute Gasteiger partial charge is 0.239 e. The molecular weight excluding hydrogens is 184 g/mol. The third kappa shape index (κ3) is 2.43. The summed E-state index contributed by atoms with van der Waals surface area (Å²) in [4.78, 5) is 12.2. The average molecular weight is 194 g/mol. The zero-order chi connectivity index (χ0) is 9.35. The van der Waals surface area contributed by atoms with Gasteiger partial charge in [-0.05, 0) is 0 Å². The Morgan fingerprint density at radius 2 is 2.08 bits per heavy atom. The van der Waals surface area contributed by atoms with E-state index >= 15 is 0 Å². The Kier molecular flexibility index (Phi) is 2.36. The van der Waals surface area contributed by atoms with Crippen molar-refractivity contribution in [3.8, 4) is 0 Å². The summed E-state index contributed by atoms with van der Waals surface area (Å²) in [5, 5.41) is 13.4. The molecule has 1 fully saturated rings.